The number of aliphatic hydroxyl groups excluding tert-OH is 1. The zero-order valence-corrected chi connectivity index (χ0v) is 18.2. The van der Waals surface area contributed by atoms with Gasteiger partial charge in [-0.3, -0.25) is 9.78 Å². The fourth-order valence-corrected chi connectivity index (χ4v) is 4.31. The standard InChI is InChI=1S/C24H25N5O3/c1-15-10-17-11-20(26-15)19-13-25-28(2)24(19)32-9-5-7-18(30)14-29-21-8-4-3-6-16(21)12-22(29)27-23(17)31/h3-4,6,8,10-11,13,18,30H,5,7,9,12,14H2,1-2H3/t18-/m0/s1. The summed E-state index contributed by atoms with van der Waals surface area (Å²) < 4.78 is 7.67. The number of benzene rings is 1. The molecular formula is C24H25N5O3. The van der Waals surface area contributed by atoms with E-state index in [0.717, 1.165) is 16.8 Å². The van der Waals surface area contributed by atoms with Gasteiger partial charge in [0.2, 0.25) is 5.88 Å². The fourth-order valence-electron chi connectivity index (χ4n) is 4.31. The second-order valence-corrected chi connectivity index (χ2v) is 8.26. The van der Waals surface area contributed by atoms with E-state index in [-0.39, 0.29) is 5.91 Å². The molecule has 0 radical (unpaired) electrons. The van der Waals surface area contributed by atoms with Crippen molar-refractivity contribution >= 4 is 17.4 Å². The van der Waals surface area contributed by atoms with Crippen LogP contribution in [-0.4, -0.2) is 50.9 Å². The minimum absolute atomic E-state index is 0.333. The third kappa shape index (κ3) is 3.78. The topological polar surface area (TPSA) is 92.8 Å². The summed E-state index contributed by atoms with van der Waals surface area (Å²) in [5.74, 6) is 0.909. The molecule has 0 saturated heterocycles. The molecule has 0 aliphatic carbocycles. The summed E-state index contributed by atoms with van der Waals surface area (Å²) in [5, 5.41) is 15.0. The van der Waals surface area contributed by atoms with Gasteiger partial charge in [0.1, 0.15) is 5.84 Å². The summed E-state index contributed by atoms with van der Waals surface area (Å²) in [6.45, 7) is 2.67. The van der Waals surface area contributed by atoms with Crippen LogP contribution in [-0.2, 0) is 13.5 Å². The number of aliphatic hydroxyl groups is 1. The van der Waals surface area contributed by atoms with Crippen molar-refractivity contribution < 1.29 is 14.6 Å². The molecule has 164 valence electrons. The highest BCUT2D eigenvalue weighted by molar-refractivity contribution is 6.12. The molecule has 0 spiro atoms. The number of carbonyl (C=O) groups is 1. The molecule has 32 heavy (non-hydrogen) atoms. The van der Waals surface area contributed by atoms with Crippen molar-refractivity contribution in [2.24, 2.45) is 12.0 Å². The summed E-state index contributed by atoms with van der Waals surface area (Å²) in [5.41, 5.74) is 4.61. The van der Waals surface area contributed by atoms with E-state index in [1.807, 2.05) is 43.1 Å². The predicted molar refractivity (Wildman–Crippen MR) is 121 cm³/mol. The van der Waals surface area contributed by atoms with Gasteiger partial charge in [0.25, 0.3) is 5.91 Å². The molecule has 8 heteroatoms. The predicted octanol–water partition coefficient (Wildman–Crippen LogP) is 2.93. The lowest BCUT2D eigenvalue weighted by Crippen LogP contribution is -2.35. The van der Waals surface area contributed by atoms with Crippen molar-refractivity contribution in [3.8, 4) is 17.1 Å². The highest BCUT2D eigenvalue weighted by Gasteiger charge is 2.28. The van der Waals surface area contributed by atoms with E-state index in [1.54, 1.807) is 23.0 Å². The normalized spacial score (nSPS) is 18.6. The van der Waals surface area contributed by atoms with Crippen LogP contribution in [0.2, 0.25) is 0 Å². The summed E-state index contributed by atoms with van der Waals surface area (Å²) in [6, 6.07) is 11.5. The quantitative estimate of drug-likeness (QED) is 0.588. The maximum absolute atomic E-state index is 13.2. The number of nitrogens with zero attached hydrogens (tertiary/aromatic N) is 5. The van der Waals surface area contributed by atoms with Crippen molar-refractivity contribution in [3.05, 3.63) is 59.4 Å². The van der Waals surface area contributed by atoms with Gasteiger partial charge in [-0.1, -0.05) is 18.2 Å². The molecule has 0 saturated carbocycles. The molecule has 1 atom stereocenters. The Kier molecular flexibility index (Phi) is 5.22. The molecule has 1 N–H and O–H groups in total. The van der Waals surface area contributed by atoms with Crippen LogP contribution in [0.5, 0.6) is 5.88 Å². The summed E-state index contributed by atoms with van der Waals surface area (Å²) >= 11 is 0. The molecule has 0 unspecified atom stereocenters. The van der Waals surface area contributed by atoms with Crippen molar-refractivity contribution in [2.45, 2.75) is 32.3 Å². The smallest absolute Gasteiger partial charge is 0.278 e. The lowest BCUT2D eigenvalue weighted by molar-refractivity contribution is 0.100. The Morgan fingerprint density at radius 1 is 1.22 bits per heavy atom. The first-order valence-corrected chi connectivity index (χ1v) is 10.8. The number of fused-ring (bicyclic) bond motifs is 7. The van der Waals surface area contributed by atoms with E-state index in [0.29, 0.717) is 61.1 Å². The van der Waals surface area contributed by atoms with Crippen LogP contribution >= 0.6 is 0 Å². The second kappa shape index (κ2) is 8.20. The van der Waals surface area contributed by atoms with Crippen molar-refractivity contribution in [2.75, 3.05) is 18.1 Å². The first kappa shape index (κ1) is 20.4. The second-order valence-electron chi connectivity index (χ2n) is 8.26. The van der Waals surface area contributed by atoms with Crippen molar-refractivity contribution in [1.82, 2.24) is 14.8 Å². The Balaban J connectivity index is 1.60. The van der Waals surface area contributed by atoms with Crippen molar-refractivity contribution in [1.29, 1.82) is 0 Å². The number of rotatable bonds is 0. The Labute approximate surface area is 186 Å². The van der Waals surface area contributed by atoms with Gasteiger partial charge in [-0.2, -0.15) is 10.1 Å². The lowest BCUT2D eigenvalue weighted by Gasteiger charge is -2.23. The Bertz CT molecular complexity index is 1220. The largest absolute Gasteiger partial charge is 0.477 e. The summed E-state index contributed by atoms with van der Waals surface area (Å²) in [7, 11) is 1.81. The molecule has 5 rings (SSSR count). The van der Waals surface area contributed by atoms with Gasteiger partial charge in [-0.05, 0) is 43.5 Å². The van der Waals surface area contributed by atoms with Crippen molar-refractivity contribution in [3.63, 3.8) is 0 Å². The SMILES string of the molecule is Cc1cc2cc(n1)-c1cnn(C)c1OCCC[C@H](O)CN1C(=NC2=O)Cc2ccccc21. The minimum atomic E-state index is -0.578. The number of pyridine rings is 1. The number of hydrogen-bond donors (Lipinski definition) is 1. The molecular weight excluding hydrogens is 406 g/mol. The van der Waals surface area contributed by atoms with Crippen LogP contribution in [0.1, 0.15) is 34.5 Å². The Morgan fingerprint density at radius 2 is 2.06 bits per heavy atom. The highest BCUT2D eigenvalue weighted by Crippen LogP contribution is 2.32. The number of aliphatic imine (C=N–C) groups is 1. The molecule has 8 nitrogen and oxygen atoms in total. The molecule has 3 aromatic rings. The minimum Gasteiger partial charge on any atom is -0.477 e. The van der Waals surface area contributed by atoms with Crippen LogP contribution in [0.15, 0.2) is 47.6 Å². The molecule has 2 aliphatic rings. The number of anilines is 1. The average Bonchev–Trinajstić information content (AvgIpc) is 3.30. The van der Waals surface area contributed by atoms with E-state index < -0.39 is 6.10 Å². The first-order valence-electron chi connectivity index (χ1n) is 10.8. The Hall–Kier alpha value is -3.52. The fraction of sp³-hybridized carbons (Fsp3) is 0.333. The molecule has 0 fully saturated rings. The van der Waals surface area contributed by atoms with Gasteiger partial charge in [-0.15, -0.1) is 0 Å². The van der Waals surface area contributed by atoms with Crippen LogP contribution in [0.4, 0.5) is 5.69 Å². The Morgan fingerprint density at radius 3 is 2.94 bits per heavy atom. The number of amidine groups is 1. The maximum Gasteiger partial charge on any atom is 0.278 e. The van der Waals surface area contributed by atoms with Gasteiger partial charge >= 0.3 is 0 Å². The van der Waals surface area contributed by atoms with Crippen LogP contribution < -0.4 is 9.64 Å². The lowest BCUT2D eigenvalue weighted by atomic mass is 10.1. The van der Waals surface area contributed by atoms with Crippen LogP contribution in [0.25, 0.3) is 11.3 Å². The van der Waals surface area contributed by atoms with Gasteiger partial charge < -0.3 is 14.7 Å². The summed E-state index contributed by atoms with van der Waals surface area (Å²) in [4.78, 5) is 24.3. The molecule has 1 aromatic carbocycles. The van der Waals surface area contributed by atoms with Crippen LogP contribution in [0.3, 0.4) is 0 Å². The molecule has 1 amide bonds. The monoisotopic (exact) mass is 431 g/mol. The number of aromatic nitrogens is 3. The number of carbonyl (C=O) groups excluding carboxylic acids is 1. The average molecular weight is 431 g/mol. The third-order valence-electron chi connectivity index (χ3n) is 5.85. The molecule has 2 aromatic heterocycles. The van der Waals surface area contributed by atoms with Gasteiger partial charge in [0, 0.05) is 30.4 Å². The molecule has 4 heterocycles. The van der Waals surface area contributed by atoms with Crippen LogP contribution in [0, 0.1) is 6.92 Å². The number of aryl methyl sites for hydroxylation is 2. The van der Waals surface area contributed by atoms with E-state index in [9.17, 15) is 9.90 Å². The van der Waals surface area contributed by atoms with Gasteiger partial charge in [0.05, 0.1) is 36.7 Å². The van der Waals surface area contributed by atoms with Gasteiger partial charge in [-0.25, -0.2) is 4.68 Å². The van der Waals surface area contributed by atoms with E-state index in [4.69, 9.17) is 4.74 Å². The summed E-state index contributed by atoms with van der Waals surface area (Å²) in [6.07, 6.45) is 2.92. The van der Waals surface area contributed by atoms with E-state index in [2.05, 4.69) is 15.1 Å². The molecule has 2 aliphatic heterocycles. The number of ether oxygens (including phenoxy) is 1. The van der Waals surface area contributed by atoms with E-state index in [1.165, 1.54) is 0 Å². The highest BCUT2D eigenvalue weighted by atomic mass is 16.5. The number of amides is 1. The first-order chi connectivity index (χ1) is 15.5. The van der Waals surface area contributed by atoms with E-state index >= 15 is 0 Å². The number of hydrogen-bond acceptors (Lipinski definition) is 6. The maximum atomic E-state index is 13.2. The zero-order chi connectivity index (χ0) is 22.2. The zero-order valence-electron chi connectivity index (χ0n) is 18.2. The number of para-hydroxylation sites is 1. The van der Waals surface area contributed by atoms with Gasteiger partial charge in [0.15, 0.2) is 0 Å². The third-order valence-corrected chi connectivity index (χ3v) is 5.85. The molecule has 2 bridgehead atoms.